The van der Waals surface area contributed by atoms with Gasteiger partial charge in [-0.15, -0.1) is 11.3 Å². The topological polar surface area (TPSA) is 128 Å². The second kappa shape index (κ2) is 11.0. The highest BCUT2D eigenvalue weighted by Gasteiger charge is 2.52. The zero-order valence-corrected chi connectivity index (χ0v) is 24.5. The maximum Gasteiger partial charge on any atom is 0.338 e. The van der Waals surface area contributed by atoms with E-state index in [4.69, 9.17) is 21.3 Å². The van der Waals surface area contributed by atoms with Crippen LogP contribution in [-0.4, -0.2) is 99.5 Å². The molecule has 2 N–H and O–H groups in total. The highest BCUT2D eigenvalue weighted by molar-refractivity contribution is 7.11. The van der Waals surface area contributed by atoms with Crippen LogP contribution in [0.3, 0.4) is 0 Å². The summed E-state index contributed by atoms with van der Waals surface area (Å²) in [6.45, 7) is 6.58. The van der Waals surface area contributed by atoms with Gasteiger partial charge in [-0.25, -0.2) is 19.0 Å². The van der Waals surface area contributed by atoms with Crippen LogP contribution in [0.2, 0.25) is 5.02 Å². The molecule has 0 aliphatic carbocycles. The number of hydrogen-bond acceptors (Lipinski definition) is 9. The highest BCUT2D eigenvalue weighted by atomic mass is 35.5. The van der Waals surface area contributed by atoms with E-state index in [1.807, 2.05) is 20.8 Å². The van der Waals surface area contributed by atoms with Crippen molar-refractivity contribution in [1.82, 2.24) is 25.0 Å². The van der Waals surface area contributed by atoms with Crippen molar-refractivity contribution in [2.45, 2.75) is 44.4 Å². The van der Waals surface area contributed by atoms with Crippen LogP contribution in [0.15, 0.2) is 46.0 Å². The van der Waals surface area contributed by atoms with Crippen molar-refractivity contribution in [3.63, 3.8) is 0 Å². The summed E-state index contributed by atoms with van der Waals surface area (Å²) in [6, 6.07) is 1.04. The molecule has 14 heteroatoms. The van der Waals surface area contributed by atoms with Gasteiger partial charge in [0.05, 0.1) is 18.7 Å². The number of amides is 2. The number of nitrogens with zero attached hydrogens (tertiary/aromatic N) is 5. The minimum atomic E-state index is -1.08. The molecule has 2 aromatic rings. The summed E-state index contributed by atoms with van der Waals surface area (Å²) in [6.07, 6.45) is 1.61. The minimum absolute atomic E-state index is 0.00908. The van der Waals surface area contributed by atoms with E-state index in [0.717, 1.165) is 6.07 Å². The molecule has 4 heterocycles. The van der Waals surface area contributed by atoms with E-state index < -0.39 is 41.4 Å². The molecule has 0 radical (unpaired) electrons. The van der Waals surface area contributed by atoms with Gasteiger partial charge in [0.15, 0.2) is 10.8 Å². The molecule has 11 nitrogen and oxygen atoms in total. The lowest BCUT2D eigenvalue weighted by atomic mass is 9.94. The fraction of sp³-hybridized carbons (Fsp3) is 0.444. The number of ether oxygens (including phenoxy) is 1. The Morgan fingerprint density at radius 1 is 1.29 bits per heavy atom. The molecular weight excluding hydrogens is 575 g/mol. The number of nitrogens with one attached hydrogen (secondary N) is 1. The van der Waals surface area contributed by atoms with Crippen LogP contribution in [0.25, 0.3) is 0 Å². The van der Waals surface area contributed by atoms with Crippen LogP contribution >= 0.6 is 22.9 Å². The fourth-order valence-electron chi connectivity index (χ4n) is 5.54. The number of thiazole rings is 1. The maximum atomic E-state index is 13.9. The Morgan fingerprint density at radius 3 is 2.66 bits per heavy atom. The van der Waals surface area contributed by atoms with Gasteiger partial charge < -0.3 is 25.0 Å². The number of hydrogen-bond donors (Lipinski definition) is 2. The van der Waals surface area contributed by atoms with E-state index in [1.54, 1.807) is 26.3 Å². The van der Waals surface area contributed by atoms with Gasteiger partial charge in [0, 0.05) is 59.6 Å². The molecule has 1 aromatic carbocycles. The predicted octanol–water partition coefficient (Wildman–Crippen LogP) is 3.13. The standard InChI is InChI=1S/C27H30ClFN6O5S/c1-27(2,3)35-13-18-21(24(36)37)33(8-9-34(18)26(35)39)12-17-19(25(38)40-4)20(15-6-5-14(29)11-16(15)28)32-22(31-17)23-30-7-10-41-23/h5-7,10-11,18,20-21H,8-9,12-13H2,1-4H3,(H,31,32)(H,36,37)/t18-,20+,21+/m1/s1. The number of carboxylic acids is 1. The third-order valence-electron chi connectivity index (χ3n) is 7.48. The molecule has 0 unspecified atom stereocenters. The van der Waals surface area contributed by atoms with Crippen LogP contribution in [0.1, 0.15) is 37.4 Å². The minimum Gasteiger partial charge on any atom is -0.480 e. The largest absolute Gasteiger partial charge is 0.480 e. The molecule has 0 saturated carbocycles. The first kappa shape index (κ1) is 29.0. The number of methoxy groups -OCH3 is 1. The molecule has 2 amide bonds. The van der Waals surface area contributed by atoms with Crippen molar-refractivity contribution in [1.29, 1.82) is 0 Å². The van der Waals surface area contributed by atoms with Crippen molar-refractivity contribution in [3.05, 3.63) is 62.5 Å². The number of rotatable bonds is 6. The van der Waals surface area contributed by atoms with Crippen molar-refractivity contribution in [3.8, 4) is 0 Å². The molecule has 2 saturated heterocycles. The summed E-state index contributed by atoms with van der Waals surface area (Å²) >= 11 is 7.75. The fourth-order valence-corrected chi connectivity index (χ4v) is 6.40. The first-order chi connectivity index (χ1) is 19.4. The van der Waals surface area contributed by atoms with E-state index in [1.165, 1.54) is 30.6 Å². The van der Waals surface area contributed by atoms with Crippen LogP contribution in [0, 0.1) is 5.82 Å². The molecule has 3 aliphatic heterocycles. The summed E-state index contributed by atoms with van der Waals surface area (Å²) < 4.78 is 19.1. The third kappa shape index (κ3) is 5.41. The Hall–Kier alpha value is -3.55. The SMILES string of the molecule is COC(=O)C1=C(CN2CCN3C(=O)N(C(C)(C)C)C[C@@H]3[C@H]2C(=O)O)NC(c2nccs2)=N[C@H]1c1ccc(F)cc1Cl. The lowest BCUT2D eigenvalue weighted by Crippen LogP contribution is -2.62. The zero-order chi connectivity index (χ0) is 29.6. The number of carboxylic acid groups (broad SMARTS) is 1. The summed E-state index contributed by atoms with van der Waals surface area (Å²) in [4.78, 5) is 53.2. The quantitative estimate of drug-likeness (QED) is 0.482. The van der Waals surface area contributed by atoms with E-state index in [9.17, 15) is 23.9 Å². The Labute approximate surface area is 245 Å². The Bertz CT molecular complexity index is 1440. The number of amidine groups is 1. The van der Waals surface area contributed by atoms with Crippen LogP contribution < -0.4 is 5.32 Å². The number of fused-ring (bicyclic) bond motifs is 1. The number of benzene rings is 1. The van der Waals surface area contributed by atoms with Crippen LogP contribution in [0.5, 0.6) is 0 Å². The number of carbonyl (C=O) groups is 3. The highest BCUT2D eigenvalue weighted by Crippen LogP contribution is 2.38. The third-order valence-corrected chi connectivity index (χ3v) is 8.59. The van der Waals surface area contributed by atoms with Crippen molar-refractivity contribution in [2.24, 2.45) is 4.99 Å². The molecular formula is C27H30ClFN6O5S. The second-order valence-electron chi connectivity index (χ2n) is 11.0. The van der Waals surface area contributed by atoms with Crippen molar-refractivity contribution < 1.29 is 28.6 Å². The van der Waals surface area contributed by atoms with E-state index in [0.29, 0.717) is 28.6 Å². The number of halogens is 2. The van der Waals surface area contributed by atoms with E-state index >= 15 is 0 Å². The molecule has 2 fully saturated rings. The normalized spacial score (nSPS) is 23.3. The second-order valence-corrected chi connectivity index (χ2v) is 12.3. The van der Waals surface area contributed by atoms with Gasteiger partial charge in [-0.2, -0.15) is 0 Å². The predicted molar refractivity (Wildman–Crippen MR) is 150 cm³/mol. The summed E-state index contributed by atoms with van der Waals surface area (Å²) in [5, 5.41) is 15.9. The van der Waals surface area contributed by atoms with Gasteiger partial charge in [0.2, 0.25) is 0 Å². The first-order valence-electron chi connectivity index (χ1n) is 13.0. The molecule has 3 atom stereocenters. The smallest absolute Gasteiger partial charge is 0.338 e. The average Bonchev–Trinajstić information content (AvgIpc) is 3.56. The van der Waals surface area contributed by atoms with Gasteiger partial charge in [-0.1, -0.05) is 17.7 Å². The Kier molecular flexibility index (Phi) is 7.79. The van der Waals surface area contributed by atoms with Crippen molar-refractivity contribution >= 4 is 46.7 Å². The van der Waals surface area contributed by atoms with Crippen LogP contribution in [-0.2, 0) is 14.3 Å². The number of aliphatic carboxylic acids is 1. The summed E-state index contributed by atoms with van der Waals surface area (Å²) in [5.41, 5.74) is 0.378. The zero-order valence-electron chi connectivity index (χ0n) is 22.9. The monoisotopic (exact) mass is 604 g/mol. The number of piperazine rings is 1. The number of carbonyl (C=O) groups excluding carboxylic acids is 2. The molecule has 1 aromatic heterocycles. The van der Waals surface area contributed by atoms with E-state index in [2.05, 4.69) is 10.3 Å². The number of urea groups is 1. The molecule has 41 heavy (non-hydrogen) atoms. The van der Waals surface area contributed by atoms with Gasteiger partial charge in [-0.05, 0) is 32.9 Å². The number of aliphatic imine (C=N–C) groups is 1. The van der Waals surface area contributed by atoms with E-state index in [-0.39, 0.29) is 36.3 Å². The number of aromatic nitrogens is 1. The summed E-state index contributed by atoms with van der Waals surface area (Å²) in [5.74, 6) is -1.96. The van der Waals surface area contributed by atoms with Gasteiger partial charge in [0.1, 0.15) is 17.9 Å². The molecule has 0 spiro atoms. The average molecular weight is 605 g/mol. The Morgan fingerprint density at radius 2 is 2.05 bits per heavy atom. The number of esters is 1. The van der Waals surface area contributed by atoms with Gasteiger partial charge in [0.25, 0.3) is 0 Å². The molecule has 0 bridgehead atoms. The maximum absolute atomic E-state index is 13.9. The molecule has 218 valence electrons. The lowest BCUT2D eigenvalue weighted by Gasteiger charge is -2.42. The van der Waals surface area contributed by atoms with Gasteiger partial charge >= 0.3 is 18.0 Å². The molecule has 3 aliphatic rings. The van der Waals surface area contributed by atoms with Crippen molar-refractivity contribution in [2.75, 3.05) is 33.3 Å². The molecule has 5 rings (SSSR count). The Balaban J connectivity index is 1.57. The first-order valence-corrected chi connectivity index (χ1v) is 14.2. The summed E-state index contributed by atoms with van der Waals surface area (Å²) in [7, 11) is 1.24. The van der Waals surface area contributed by atoms with Gasteiger partial charge in [-0.3, -0.25) is 14.7 Å². The van der Waals surface area contributed by atoms with Crippen LogP contribution in [0.4, 0.5) is 9.18 Å². The lowest BCUT2D eigenvalue weighted by molar-refractivity contribution is -0.147.